The number of hydrogen-bond acceptors (Lipinski definition) is 4. The summed E-state index contributed by atoms with van der Waals surface area (Å²) in [5, 5.41) is 9.54. The van der Waals surface area contributed by atoms with Crippen LogP contribution in [0.3, 0.4) is 0 Å². The highest BCUT2D eigenvalue weighted by Crippen LogP contribution is 2.32. The minimum absolute atomic E-state index is 0.0322. The van der Waals surface area contributed by atoms with Crippen molar-refractivity contribution in [2.24, 2.45) is 5.92 Å². The fourth-order valence-electron chi connectivity index (χ4n) is 2.95. The summed E-state index contributed by atoms with van der Waals surface area (Å²) < 4.78 is -0.455. The molecule has 2 unspecified atom stereocenters. The number of nitrogens with zero attached hydrogens (tertiary/aromatic N) is 1. The van der Waals surface area contributed by atoms with Crippen LogP contribution in [0.4, 0.5) is 4.79 Å². The van der Waals surface area contributed by atoms with E-state index in [0.29, 0.717) is 18.7 Å². The molecule has 0 aromatic heterocycles. The van der Waals surface area contributed by atoms with Gasteiger partial charge < -0.3 is 5.11 Å². The molecular formula is C14H24NO4S+. The molecule has 2 amide bonds. The van der Waals surface area contributed by atoms with Crippen LogP contribution in [-0.4, -0.2) is 45.0 Å². The highest BCUT2D eigenvalue weighted by Gasteiger charge is 2.54. The molecule has 0 aromatic carbocycles. The SMILES string of the molecule is CCCC(CSC(C)=O)C(=O)[N+]1(C(=O)O)CCC[C@H]1C. The summed E-state index contributed by atoms with van der Waals surface area (Å²) in [6, 6.07) is -0.179. The van der Waals surface area contributed by atoms with Crippen LogP contribution < -0.4 is 0 Å². The van der Waals surface area contributed by atoms with Crippen LogP contribution in [0, 0.1) is 5.92 Å². The number of hydrogen-bond donors (Lipinski definition) is 1. The van der Waals surface area contributed by atoms with E-state index in [2.05, 4.69) is 0 Å². The molecule has 0 aliphatic carbocycles. The van der Waals surface area contributed by atoms with Gasteiger partial charge in [0.05, 0.1) is 12.5 Å². The second-order valence-corrected chi connectivity index (χ2v) is 6.69. The van der Waals surface area contributed by atoms with E-state index in [9.17, 15) is 19.5 Å². The second kappa shape index (κ2) is 7.22. The molecule has 0 bridgehead atoms. The lowest BCUT2D eigenvalue weighted by Gasteiger charge is -2.32. The number of thioether (sulfide) groups is 1. The number of carbonyl (C=O) groups is 3. The van der Waals surface area contributed by atoms with Gasteiger partial charge in [0.1, 0.15) is 6.04 Å². The smallest absolute Gasteiger partial charge is 0.435 e. The molecule has 6 heteroatoms. The van der Waals surface area contributed by atoms with Gasteiger partial charge in [0.2, 0.25) is 0 Å². The van der Waals surface area contributed by atoms with Gasteiger partial charge in [0.15, 0.2) is 5.12 Å². The lowest BCUT2D eigenvalue weighted by molar-refractivity contribution is -0.794. The Kier molecular flexibility index (Phi) is 6.20. The van der Waals surface area contributed by atoms with Gasteiger partial charge in [-0.15, -0.1) is 0 Å². The van der Waals surface area contributed by atoms with E-state index in [4.69, 9.17) is 0 Å². The molecule has 1 saturated heterocycles. The minimum Gasteiger partial charge on any atom is -0.435 e. The fourth-order valence-corrected chi connectivity index (χ4v) is 3.70. The van der Waals surface area contributed by atoms with Crippen molar-refractivity contribution in [3.8, 4) is 0 Å². The van der Waals surface area contributed by atoms with Gasteiger partial charge in [-0.05, 0) is 13.3 Å². The maximum Gasteiger partial charge on any atom is 0.521 e. The van der Waals surface area contributed by atoms with Crippen LogP contribution in [0.5, 0.6) is 0 Å². The number of carboxylic acid groups (broad SMARTS) is 1. The largest absolute Gasteiger partial charge is 0.521 e. The van der Waals surface area contributed by atoms with E-state index in [0.717, 1.165) is 31.0 Å². The Hall–Kier alpha value is -0.880. The van der Waals surface area contributed by atoms with E-state index < -0.39 is 10.6 Å². The molecule has 1 N–H and O–H groups in total. The molecule has 1 aliphatic rings. The van der Waals surface area contributed by atoms with E-state index in [1.54, 1.807) is 0 Å². The standard InChI is InChI=1S/C14H23NO4S/c1-4-6-12(9-20-11(3)16)13(17)15(14(18)19)8-5-7-10(15)2/h10,12H,4-9H2,1-3H3/p+1/t10-,12?,15?/m1/s1. The molecule has 1 rings (SSSR count). The lowest BCUT2D eigenvalue weighted by Crippen LogP contribution is -2.60. The van der Waals surface area contributed by atoms with Crippen molar-refractivity contribution in [1.29, 1.82) is 0 Å². The lowest BCUT2D eigenvalue weighted by atomic mass is 10.0. The van der Waals surface area contributed by atoms with E-state index in [-0.39, 0.29) is 23.0 Å². The van der Waals surface area contributed by atoms with Gasteiger partial charge in [-0.25, -0.2) is 4.79 Å². The molecule has 0 radical (unpaired) electrons. The average molecular weight is 302 g/mol. The van der Waals surface area contributed by atoms with Gasteiger partial charge in [0.25, 0.3) is 0 Å². The quantitative estimate of drug-likeness (QED) is 0.791. The molecule has 0 spiro atoms. The Balaban J connectivity index is 2.95. The first kappa shape index (κ1) is 17.2. The van der Waals surface area contributed by atoms with E-state index >= 15 is 0 Å². The van der Waals surface area contributed by atoms with Crippen molar-refractivity contribution >= 4 is 28.9 Å². The molecule has 114 valence electrons. The van der Waals surface area contributed by atoms with Gasteiger partial charge in [-0.2, -0.15) is 9.28 Å². The highest BCUT2D eigenvalue weighted by molar-refractivity contribution is 8.13. The number of quaternary nitrogens is 1. The molecule has 5 nitrogen and oxygen atoms in total. The number of carbonyl (C=O) groups excluding carboxylic acids is 2. The fraction of sp³-hybridized carbons (Fsp3) is 0.786. The third-order valence-corrected chi connectivity index (χ3v) is 5.07. The van der Waals surface area contributed by atoms with E-state index in [1.165, 1.54) is 6.92 Å². The second-order valence-electron chi connectivity index (χ2n) is 5.49. The average Bonchev–Trinajstić information content (AvgIpc) is 2.76. The van der Waals surface area contributed by atoms with Crippen LogP contribution in [0.15, 0.2) is 0 Å². The van der Waals surface area contributed by atoms with Crippen molar-refractivity contribution in [2.45, 2.75) is 52.5 Å². The van der Waals surface area contributed by atoms with Gasteiger partial charge in [0, 0.05) is 25.5 Å². The summed E-state index contributed by atoms with van der Waals surface area (Å²) >= 11 is 1.12. The number of rotatable bonds is 5. The summed E-state index contributed by atoms with van der Waals surface area (Å²) in [5.41, 5.74) is 0. The van der Waals surface area contributed by atoms with Crippen molar-refractivity contribution in [2.75, 3.05) is 12.3 Å². The van der Waals surface area contributed by atoms with Crippen molar-refractivity contribution in [3.63, 3.8) is 0 Å². The Morgan fingerprint density at radius 3 is 2.45 bits per heavy atom. The third-order valence-electron chi connectivity index (χ3n) is 4.09. The van der Waals surface area contributed by atoms with Crippen molar-refractivity contribution in [1.82, 2.24) is 0 Å². The van der Waals surface area contributed by atoms with Gasteiger partial charge in [-0.1, -0.05) is 25.1 Å². The molecule has 1 fully saturated rings. The third kappa shape index (κ3) is 3.41. The Morgan fingerprint density at radius 2 is 2.05 bits per heavy atom. The molecular weight excluding hydrogens is 278 g/mol. The molecule has 20 heavy (non-hydrogen) atoms. The van der Waals surface area contributed by atoms with Crippen LogP contribution in [-0.2, 0) is 9.59 Å². The molecule has 1 heterocycles. The predicted octanol–water partition coefficient (Wildman–Crippen LogP) is 2.89. The first-order valence-corrected chi connectivity index (χ1v) is 8.13. The van der Waals surface area contributed by atoms with Crippen LogP contribution in [0.1, 0.15) is 46.5 Å². The minimum atomic E-state index is -1.05. The molecule has 3 atom stereocenters. The van der Waals surface area contributed by atoms with Crippen molar-refractivity contribution in [3.05, 3.63) is 0 Å². The maximum atomic E-state index is 12.8. The number of likely N-dealkylation sites (tertiary alicyclic amines) is 1. The highest BCUT2D eigenvalue weighted by atomic mass is 32.2. The summed E-state index contributed by atoms with van der Waals surface area (Å²) in [7, 11) is 0. The summed E-state index contributed by atoms with van der Waals surface area (Å²) in [6.45, 7) is 5.65. The Labute approximate surface area is 124 Å². The van der Waals surface area contributed by atoms with Crippen molar-refractivity contribution < 1.29 is 24.0 Å². The van der Waals surface area contributed by atoms with Crippen LogP contribution >= 0.6 is 11.8 Å². The topological polar surface area (TPSA) is 71.4 Å². The molecule has 1 aliphatic heterocycles. The zero-order valence-corrected chi connectivity index (χ0v) is 13.2. The normalized spacial score (nSPS) is 27.2. The molecule has 0 aromatic rings. The monoisotopic (exact) mass is 302 g/mol. The summed E-state index contributed by atoms with van der Waals surface area (Å²) in [6.07, 6.45) is 1.92. The van der Waals surface area contributed by atoms with Gasteiger partial charge in [-0.3, -0.25) is 4.79 Å². The predicted molar refractivity (Wildman–Crippen MR) is 78.4 cm³/mol. The van der Waals surface area contributed by atoms with E-state index in [1.807, 2.05) is 13.8 Å². The molecule has 0 saturated carbocycles. The Bertz CT molecular complexity index is 399. The summed E-state index contributed by atoms with van der Waals surface area (Å²) in [4.78, 5) is 35.6. The van der Waals surface area contributed by atoms with Crippen LogP contribution in [0.25, 0.3) is 0 Å². The van der Waals surface area contributed by atoms with Gasteiger partial charge >= 0.3 is 12.0 Å². The Morgan fingerprint density at radius 1 is 1.40 bits per heavy atom. The number of amides is 2. The zero-order chi connectivity index (χ0) is 15.3. The number of imide groups is 1. The van der Waals surface area contributed by atoms with Crippen LogP contribution in [0.2, 0.25) is 0 Å². The first-order valence-electron chi connectivity index (χ1n) is 7.15. The summed E-state index contributed by atoms with van der Waals surface area (Å²) in [5.74, 6) is -0.189. The zero-order valence-electron chi connectivity index (χ0n) is 12.4. The maximum absolute atomic E-state index is 12.8. The first-order chi connectivity index (χ1) is 9.36.